The Bertz CT molecular complexity index is 745. The van der Waals surface area contributed by atoms with E-state index in [9.17, 15) is 4.79 Å². The number of quaternary nitrogens is 1. The van der Waals surface area contributed by atoms with Crippen molar-refractivity contribution >= 4 is 17.2 Å². The van der Waals surface area contributed by atoms with E-state index in [0.29, 0.717) is 19.8 Å². The highest BCUT2D eigenvalue weighted by molar-refractivity contribution is 7.09. The maximum absolute atomic E-state index is 11.8. The van der Waals surface area contributed by atoms with Crippen molar-refractivity contribution < 1.29 is 19.2 Å². The molecule has 1 atom stereocenters. The fourth-order valence-electron chi connectivity index (χ4n) is 2.70. The summed E-state index contributed by atoms with van der Waals surface area (Å²) < 4.78 is 11.2. The van der Waals surface area contributed by atoms with E-state index < -0.39 is 0 Å². The summed E-state index contributed by atoms with van der Waals surface area (Å²) in [5.74, 6) is 1.62. The Balaban J connectivity index is 1.63. The maximum Gasteiger partial charge on any atom is 0.275 e. The van der Waals surface area contributed by atoms with Gasteiger partial charge in [0.25, 0.3) is 5.91 Å². The number of nitrogens with zero attached hydrogens (tertiary/aromatic N) is 1. The van der Waals surface area contributed by atoms with Crippen LogP contribution in [0.5, 0.6) is 11.5 Å². The summed E-state index contributed by atoms with van der Waals surface area (Å²) >= 11 is 1.62. The number of benzene rings is 1. The minimum absolute atomic E-state index is 0.0658. The molecule has 1 amide bonds. The lowest BCUT2D eigenvalue weighted by Gasteiger charge is -2.18. The number of aromatic nitrogens is 1. The zero-order chi connectivity index (χ0) is 17.8. The molecule has 0 fully saturated rings. The molecule has 2 N–H and O–H groups in total. The lowest BCUT2D eigenvalue weighted by Crippen LogP contribution is -3.09. The van der Waals surface area contributed by atoms with Gasteiger partial charge in [0.15, 0.2) is 18.0 Å². The van der Waals surface area contributed by atoms with Crippen molar-refractivity contribution in [2.24, 2.45) is 0 Å². The van der Waals surface area contributed by atoms with E-state index in [-0.39, 0.29) is 11.9 Å². The van der Waals surface area contributed by atoms with Crippen molar-refractivity contribution in [1.29, 1.82) is 0 Å². The molecule has 134 valence electrons. The Morgan fingerprint density at radius 2 is 2.08 bits per heavy atom. The van der Waals surface area contributed by atoms with Gasteiger partial charge in [0.05, 0.1) is 12.7 Å². The van der Waals surface area contributed by atoms with Gasteiger partial charge in [-0.3, -0.25) is 4.79 Å². The lowest BCUT2D eigenvalue weighted by molar-refractivity contribution is -0.885. The van der Waals surface area contributed by atoms with Crippen LogP contribution in [0.15, 0.2) is 23.6 Å². The summed E-state index contributed by atoms with van der Waals surface area (Å²) in [6.07, 6.45) is 0. The van der Waals surface area contributed by atoms with Crippen molar-refractivity contribution in [3.05, 3.63) is 28.6 Å². The summed E-state index contributed by atoms with van der Waals surface area (Å²) in [5, 5.41) is 5.97. The number of amides is 1. The highest BCUT2D eigenvalue weighted by atomic mass is 32.1. The molecule has 0 saturated heterocycles. The number of likely N-dealkylation sites (N-methyl/N-ethyl adjacent to an activating group) is 1. The Kier molecular flexibility index (Phi) is 5.55. The number of thiazole rings is 1. The highest BCUT2D eigenvalue weighted by Gasteiger charge is 2.16. The molecule has 1 aliphatic rings. The number of carbonyl (C=O) groups is 1. The van der Waals surface area contributed by atoms with E-state index in [0.717, 1.165) is 39.2 Å². The first-order chi connectivity index (χ1) is 12.0. The van der Waals surface area contributed by atoms with E-state index >= 15 is 0 Å². The number of ether oxygens (including phenoxy) is 2. The van der Waals surface area contributed by atoms with Crippen LogP contribution in [0.3, 0.4) is 0 Å². The van der Waals surface area contributed by atoms with Gasteiger partial charge in [0.2, 0.25) is 0 Å². The smallest absolute Gasteiger partial charge is 0.275 e. The lowest BCUT2D eigenvalue weighted by atomic mass is 10.1. The average molecular weight is 362 g/mol. The first-order valence-electron chi connectivity index (χ1n) is 8.46. The first kappa shape index (κ1) is 17.7. The predicted molar refractivity (Wildman–Crippen MR) is 97.3 cm³/mol. The van der Waals surface area contributed by atoms with Crippen molar-refractivity contribution in [2.45, 2.75) is 26.4 Å². The molecule has 0 saturated carbocycles. The molecule has 1 aromatic carbocycles. The second-order valence-corrected chi connectivity index (χ2v) is 7.46. The largest absolute Gasteiger partial charge is 0.486 e. The number of carbonyl (C=O) groups excluding carboxylic acids is 1. The van der Waals surface area contributed by atoms with Crippen LogP contribution in [0.2, 0.25) is 0 Å². The van der Waals surface area contributed by atoms with Gasteiger partial charge in [0.1, 0.15) is 24.8 Å². The fourth-order valence-corrected chi connectivity index (χ4v) is 3.61. The van der Waals surface area contributed by atoms with Crippen LogP contribution in [-0.4, -0.2) is 43.7 Å². The van der Waals surface area contributed by atoms with Crippen molar-refractivity contribution in [1.82, 2.24) is 10.3 Å². The SMILES string of the molecule is CC(C)NC(=O)C[NH+](C)Cc1nc(-c2ccc3c(c2)OCCO3)cs1. The molecule has 0 spiro atoms. The van der Waals surface area contributed by atoms with Gasteiger partial charge in [0, 0.05) is 17.0 Å². The zero-order valence-electron chi connectivity index (χ0n) is 14.8. The molecule has 2 heterocycles. The van der Waals surface area contributed by atoms with Crippen molar-refractivity contribution in [2.75, 3.05) is 26.8 Å². The van der Waals surface area contributed by atoms with Gasteiger partial charge in [-0.05, 0) is 32.0 Å². The van der Waals surface area contributed by atoms with Gasteiger partial charge < -0.3 is 19.7 Å². The molecule has 6 nitrogen and oxygen atoms in total. The molecular weight excluding hydrogens is 338 g/mol. The molecule has 3 rings (SSSR count). The molecule has 7 heteroatoms. The summed E-state index contributed by atoms with van der Waals surface area (Å²) in [6, 6.07) is 6.07. The number of hydrogen-bond donors (Lipinski definition) is 2. The molecule has 0 bridgehead atoms. The van der Waals surface area contributed by atoms with Crippen LogP contribution in [-0.2, 0) is 11.3 Å². The van der Waals surface area contributed by atoms with Crippen LogP contribution in [0, 0.1) is 0 Å². The summed E-state index contributed by atoms with van der Waals surface area (Å²) in [7, 11) is 2.01. The number of nitrogens with one attached hydrogen (secondary N) is 2. The monoisotopic (exact) mass is 362 g/mol. The van der Waals surface area contributed by atoms with E-state index in [1.165, 1.54) is 0 Å². The third-order valence-corrected chi connectivity index (χ3v) is 4.60. The predicted octanol–water partition coefficient (Wildman–Crippen LogP) is 1.12. The minimum Gasteiger partial charge on any atom is -0.486 e. The Labute approximate surface area is 151 Å². The van der Waals surface area contributed by atoms with Crippen LogP contribution in [0.4, 0.5) is 0 Å². The highest BCUT2D eigenvalue weighted by Crippen LogP contribution is 2.34. The van der Waals surface area contributed by atoms with Gasteiger partial charge >= 0.3 is 0 Å². The fraction of sp³-hybridized carbons (Fsp3) is 0.444. The normalized spacial score (nSPS) is 14.4. The molecule has 25 heavy (non-hydrogen) atoms. The molecule has 1 unspecified atom stereocenters. The van der Waals surface area contributed by atoms with Crippen molar-refractivity contribution in [3.63, 3.8) is 0 Å². The number of fused-ring (bicyclic) bond motifs is 1. The van der Waals surface area contributed by atoms with Crippen LogP contribution in [0.1, 0.15) is 18.9 Å². The summed E-state index contributed by atoms with van der Waals surface area (Å²) in [5.41, 5.74) is 1.94. The van der Waals surface area contributed by atoms with Gasteiger partial charge in [-0.1, -0.05) is 0 Å². The Morgan fingerprint density at radius 3 is 2.84 bits per heavy atom. The van der Waals surface area contributed by atoms with Gasteiger partial charge in [-0.15, -0.1) is 11.3 Å². The first-order valence-corrected chi connectivity index (χ1v) is 9.34. The van der Waals surface area contributed by atoms with Crippen molar-refractivity contribution in [3.8, 4) is 22.8 Å². The van der Waals surface area contributed by atoms with Crippen LogP contribution >= 0.6 is 11.3 Å². The Hall–Kier alpha value is -2.12. The third-order valence-electron chi connectivity index (χ3n) is 3.75. The van der Waals surface area contributed by atoms with Crippen LogP contribution in [0.25, 0.3) is 11.3 Å². The third kappa shape index (κ3) is 4.70. The standard InChI is InChI=1S/C18H23N3O3S/c1-12(2)19-17(22)9-21(3)10-18-20-14(11-25-18)13-4-5-15-16(8-13)24-7-6-23-15/h4-5,8,11-12H,6-7,9-10H2,1-3H3,(H,19,22)/p+1. The summed E-state index contributed by atoms with van der Waals surface area (Å²) in [4.78, 5) is 17.7. The molecule has 1 aliphatic heterocycles. The Morgan fingerprint density at radius 1 is 1.32 bits per heavy atom. The molecule has 1 aromatic heterocycles. The minimum atomic E-state index is 0.0658. The van der Waals surface area contributed by atoms with Gasteiger partial charge in [-0.2, -0.15) is 0 Å². The molecule has 0 radical (unpaired) electrons. The zero-order valence-corrected chi connectivity index (χ0v) is 15.6. The molecule has 0 aliphatic carbocycles. The quantitative estimate of drug-likeness (QED) is 0.808. The summed E-state index contributed by atoms with van der Waals surface area (Å²) in [6.45, 7) is 6.26. The average Bonchev–Trinajstić information content (AvgIpc) is 3.01. The second kappa shape index (κ2) is 7.84. The topological polar surface area (TPSA) is 64.9 Å². The van der Waals surface area contributed by atoms with E-state index in [1.54, 1.807) is 11.3 Å². The van der Waals surface area contributed by atoms with E-state index in [2.05, 4.69) is 5.32 Å². The molecule has 2 aromatic rings. The van der Waals surface area contributed by atoms with E-state index in [1.807, 2.05) is 44.5 Å². The molecular formula is C18H24N3O3S+. The number of hydrogen-bond acceptors (Lipinski definition) is 5. The number of rotatable bonds is 6. The van der Waals surface area contributed by atoms with Crippen LogP contribution < -0.4 is 19.7 Å². The second-order valence-electron chi connectivity index (χ2n) is 6.52. The van der Waals surface area contributed by atoms with E-state index in [4.69, 9.17) is 14.5 Å². The maximum atomic E-state index is 11.8. The van der Waals surface area contributed by atoms with Gasteiger partial charge in [-0.25, -0.2) is 4.98 Å².